The number of amides is 1. The number of nitrogens with zero attached hydrogens (tertiary/aromatic N) is 3. The van der Waals surface area contributed by atoms with Crippen LogP contribution in [0.3, 0.4) is 0 Å². The lowest BCUT2D eigenvalue weighted by molar-refractivity contribution is -0.117. The third-order valence-electron chi connectivity index (χ3n) is 3.71. The molecular weight excluding hydrogens is 319 g/mol. The van der Waals surface area contributed by atoms with Crippen molar-refractivity contribution in [3.63, 3.8) is 0 Å². The van der Waals surface area contributed by atoms with Gasteiger partial charge in [0.1, 0.15) is 6.17 Å². The number of carbonyl (C=O) groups excluding carboxylic acids is 1. The standard InChI is InChI=1S/C15H13FN4O2S/c16-10-6-9(10)14(22)18-15-17-13-3-1-2-11(20(13)19-15)12-5-4-8(7-21)23-12/h1-5,9-10,21H,6-7H2,(H,18,19,22)/t9-,10-/m1/s1. The summed E-state index contributed by atoms with van der Waals surface area (Å²) in [4.78, 5) is 17.8. The van der Waals surface area contributed by atoms with E-state index < -0.39 is 12.1 Å². The van der Waals surface area contributed by atoms with Gasteiger partial charge in [0.25, 0.3) is 0 Å². The molecule has 1 fully saturated rings. The van der Waals surface area contributed by atoms with Crippen molar-refractivity contribution >= 4 is 28.8 Å². The van der Waals surface area contributed by atoms with E-state index >= 15 is 0 Å². The molecule has 0 spiro atoms. The Bertz CT molecular complexity index is 891. The van der Waals surface area contributed by atoms with E-state index in [4.69, 9.17) is 0 Å². The van der Waals surface area contributed by atoms with Crippen molar-refractivity contribution in [2.75, 3.05) is 5.32 Å². The molecule has 1 amide bonds. The van der Waals surface area contributed by atoms with E-state index in [1.807, 2.05) is 24.3 Å². The number of fused-ring (bicyclic) bond motifs is 1. The highest BCUT2D eigenvalue weighted by Crippen LogP contribution is 2.34. The van der Waals surface area contributed by atoms with Crippen molar-refractivity contribution in [2.24, 2.45) is 5.92 Å². The summed E-state index contributed by atoms with van der Waals surface area (Å²) >= 11 is 1.46. The fourth-order valence-corrected chi connectivity index (χ4v) is 3.26. The van der Waals surface area contributed by atoms with Crippen molar-refractivity contribution in [1.82, 2.24) is 14.6 Å². The smallest absolute Gasteiger partial charge is 0.249 e. The second kappa shape index (κ2) is 5.39. The van der Waals surface area contributed by atoms with Gasteiger partial charge in [-0.3, -0.25) is 10.1 Å². The molecule has 1 aliphatic rings. The lowest BCUT2D eigenvalue weighted by atomic mass is 10.3. The van der Waals surface area contributed by atoms with E-state index in [2.05, 4.69) is 15.4 Å². The van der Waals surface area contributed by atoms with Crippen molar-refractivity contribution in [3.05, 3.63) is 35.2 Å². The number of rotatable bonds is 4. The highest BCUT2D eigenvalue weighted by atomic mass is 32.1. The molecule has 1 saturated carbocycles. The summed E-state index contributed by atoms with van der Waals surface area (Å²) in [6, 6.07) is 9.28. The lowest BCUT2D eigenvalue weighted by Crippen LogP contribution is -2.16. The molecule has 3 heterocycles. The summed E-state index contributed by atoms with van der Waals surface area (Å²) in [5.74, 6) is -0.792. The van der Waals surface area contributed by atoms with E-state index in [1.54, 1.807) is 10.6 Å². The first-order chi connectivity index (χ1) is 11.2. The van der Waals surface area contributed by atoms with Crippen LogP contribution in [0.5, 0.6) is 0 Å². The number of carbonyl (C=O) groups is 1. The lowest BCUT2D eigenvalue weighted by Gasteiger charge is -2.00. The van der Waals surface area contributed by atoms with E-state index in [0.29, 0.717) is 5.65 Å². The molecule has 0 bridgehead atoms. The molecular formula is C15H13FN4O2S. The predicted octanol–water partition coefficient (Wildman–Crippen LogP) is 2.25. The predicted molar refractivity (Wildman–Crippen MR) is 83.9 cm³/mol. The number of aliphatic hydroxyl groups is 1. The van der Waals surface area contributed by atoms with Crippen LogP contribution in [0, 0.1) is 5.92 Å². The fraction of sp³-hybridized carbons (Fsp3) is 0.267. The Morgan fingerprint density at radius 1 is 1.43 bits per heavy atom. The maximum Gasteiger partial charge on any atom is 0.249 e. The van der Waals surface area contributed by atoms with Gasteiger partial charge in [0, 0.05) is 4.88 Å². The Hall–Kier alpha value is -2.32. The van der Waals surface area contributed by atoms with Crippen LogP contribution in [0.25, 0.3) is 16.2 Å². The number of anilines is 1. The minimum atomic E-state index is -1.05. The Labute approximate surface area is 134 Å². The molecule has 118 valence electrons. The van der Waals surface area contributed by atoms with Gasteiger partial charge in [0.2, 0.25) is 11.9 Å². The zero-order valence-electron chi connectivity index (χ0n) is 11.9. The largest absolute Gasteiger partial charge is 0.391 e. The Balaban J connectivity index is 1.68. The monoisotopic (exact) mass is 332 g/mol. The average molecular weight is 332 g/mol. The third-order valence-corrected chi connectivity index (χ3v) is 4.81. The van der Waals surface area contributed by atoms with E-state index in [-0.39, 0.29) is 24.9 Å². The molecule has 23 heavy (non-hydrogen) atoms. The second-order valence-electron chi connectivity index (χ2n) is 5.39. The number of aromatic nitrogens is 3. The molecule has 8 heteroatoms. The molecule has 2 N–H and O–H groups in total. The van der Waals surface area contributed by atoms with Crippen molar-refractivity contribution < 1.29 is 14.3 Å². The number of halogens is 1. The van der Waals surface area contributed by atoms with Gasteiger partial charge in [0.05, 0.1) is 23.1 Å². The number of hydrogen-bond acceptors (Lipinski definition) is 5. The van der Waals surface area contributed by atoms with Crippen molar-refractivity contribution in [2.45, 2.75) is 19.2 Å². The first-order valence-corrected chi connectivity index (χ1v) is 7.98. The van der Waals surface area contributed by atoms with E-state index in [0.717, 1.165) is 15.4 Å². The second-order valence-corrected chi connectivity index (χ2v) is 6.56. The Morgan fingerprint density at radius 3 is 2.96 bits per heavy atom. The van der Waals surface area contributed by atoms with Crippen LogP contribution in [-0.4, -0.2) is 31.8 Å². The van der Waals surface area contributed by atoms with E-state index in [9.17, 15) is 14.3 Å². The van der Waals surface area contributed by atoms with Crippen LogP contribution >= 0.6 is 11.3 Å². The summed E-state index contributed by atoms with van der Waals surface area (Å²) in [6.45, 7) is -0.00884. The minimum absolute atomic E-state index is 0.00884. The molecule has 4 rings (SSSR count). The SMILES string of the molecule is O=C(Nc1nc2cccc(-c3ccc(CO)s3)n2n1)[C@@H]1C[C@H]1F. The van der Waals surface area contributed by atoms with Gasteiger partial charge in [-0.15, -0.1) is 16.4 Å². The number of pyridine rings is 1. The molecule has 2 atom stereocenters. The number of alkyl halides is 1. The molecule has 1 aliphatic carbocycles. The van der Waals surface area contributed by atoms with E-state index in [1.165, 1.54) is 11.3 Å². The first kappa shape index (κ1) is 14.3. The number of thiophene rings is 1. The molecule has 0 aliphatic heterocycles. The zero-order chi connectivity index (χ0) is 16.0. The summed E-state index contributed by atoms with van der Waals surface area (Å²) in [5, 5.41) is 16.0. The summed E-state index contributed by atoms with van der Waals surface area (Å²) in [5.41, 5.74) is 1.40. The highest BCUT2D eigenvalue weighted by molar-refractivity contribution is 7.15. The molecule has 6 nitrogen and oxygen atoms in total. The molecule has 3 aromatic rings. The average Bonchev–Trinajstić information content (AvgIpc) is 2.97. The van der Waals surface area contributed by atoms with Gasteiger partial charge in [-0.25, -0.2) is 8.91 Å². The minimum Gasteiger partial charge on any atom is -0.391 e. The number of hydrogen-bond donors (Lipinski definition) is 2. The number of nitrogens with one attached hydrogen (secondary N) is 1. The summed E-state index contributed by atoms with van der Waals surface area (Å²) < 4.78 is 14.6. The topological polar surface area (TPSA) is 79.5 Å². The Morgan fingerprint density at radius 2 is 2.26 bits per heavy atom. The zero-order valence-corrected chi connectivity index (χ0v) is 12.8. The number of aliphatic hydroxyl groups excluding tert-OH is 1. The summed E-state index contributed by atoms with van der Waals surface area (Å²) in [7, 11) is 0. The Kier molecular flexibility index (Phi) is 3.35. The van der Waals surface area contributed by atoms with Gasteiger partial charge < -0.3 is 5.11 Å². The first-order valence-electron chi connectivity index (χ1n) is 7.16. The molecule has 3 aromatic heterocycles. The summed E-state index contributed by atoms with van der Waals surface area (Å²) in [6.07, 6.45) is -0.783. The maximum atomic E-state index is 12.9. The van der Waals surface area contributed by atoms with Crippen molar-refractivity contribution in [1.29, 1.82) is 0 Å². The third kappa shape index (κ3) is 2.60. The van der Waals surface area contributed by atoms with Crippen LogP contribution in [0.1, 0.15) is 11.3 Å². The van der Waals surface area contributed by atoms with Crippen LogP contribution in [0.15, 0.2) is 30.3 Å². The normalized spacial score (nSPS) is 19.9. The van der Waals surface area contributed by atoms with Crippen LogP contribution in [0.2, 0.25) is 0 Å². The van der Waals surface area contributed by atoms with Crippen molar-refractivity contribution in [3.8, 4) is 10.6 Å². The van der Waals surface area contributed by atoms with Crippen LogP contribution < -0.4 is 5.32 Å². The van der Waals surface area contributed by atoms with Gasteiger partial charge in [-0.2, -0.15) is 4.98 Å². The van der Waals surface area contributed by atoms with Gasteiger partial charge in [-0.05, 0) is 30.7 Å². The fourth-order valence-electron chi connectivity index (χ4n) is 2.38. The maximum absolute atomic E-state index is 12.9. The molecule has 0 saturated heterocycles. The van der Waals surface area contributed by atoms with Gasteiger partial charge >= 0.3 is 0 Å². The quantitative estimate of drug-likeness (QED) is 0.768. The molecule has 0 aromatic carbocycles. The molecule has 0 radical (unpaired) electrons. The van der Waals surface area contributed by atoms with Crippen LogP contribution in [0.4, 0.5) is 10.3 Å². The van der Waals surface area contributed by atoms with Crippen LogP contribution in [-0.2, 0) is 11.4 Å². The van der Waals surface area contributed by atoms with Gasteiger partial charge in [0.15, 0.2) is 5.65 Å². The highest BCUT2D eigenvalue weighted by Gasteiger charge is 2.44. The van der Waals surface area contributed by atoms with Gasteiger partial charge in [-0.1, -0.05) is 6.07 Å². The molecule has 0 unspecified atom stereocenters.